The van der Waals surface area contributed by atoms with Crippen molar-refractivity contribution in [2.45, 2.75) is 58.7 Å². The lowest BCUT2D eigenvalue weighted by atomic mass is 10.0. The number of amides is 2. The zero-order valence-electron chi connectivity index (χ0n) is 17.0. The number of carbonyl (C=O) groups excluding carboxylic acids is 2. The van der Waals surface area contributed by atoms with Crippen molar-refractivity contribution in [3.05, 3.63) is 45.9 Å². The maximum Gasteiger partial charge on any atom is 0.410 e. The monoisotopic (exact) mass is 403 g/mol. The third kappa shape index (κ3) is 4.95. The lowest BCUT2D eigenvalue weighted by molar-refractivity contribution is 0.0187. The van der Waals surface area contributed by atoms with E-state index in [1.165, 1.54) is 10.4 Å². The lowest BCUT2D eigenvalue weighted by Crippen LogP contribution is -2.42. The summed E-state index contributed by atoms with van der Waals surface area (Å²) in [6.07, 6.45) is 3.30. The summed E-state index contributed by atoms with van der Waals surface area (Å²) in [5.41, 5.74) is 1.39. The molecule has 0 saturated carbocycles. The van der Waals surface area contributed by atoms with Crippen LogP contribution in [0.15, 0.2) is 29.8 Å². The Labute approximate surface area is 170 Å². The van der Waals surface area contributed by atoms with Gasteiger partial charge < -0.3 is 19.5 Å². The van der Waals surface area contributed by atoms with Gasteiger partial charge >= 0.3 is 6.09 Å². The van der Waals surface area contributed by atoms with Gasteiger partial charge in [-0.3, -0.25) is 4.79 Å². The van der Waals surface area contributed by atoms with Crippen LogP contribution in [0.1, 0.15) is 60.6 Å². The summed E-state index contributed by atoms with van der Waals surface area (Å²) in [5.74, 6) is -0.0626. The van der Waals surface area contributed by atoms with Gasteiger partial charge in [0.25, 0.3) is 5.91 Å². The van der Waals surface area contributed by atoms with Crippen molar-refractivity contribution in [2.75, 3.05) is 13.1 Å². The number of nitrogens with one attached hydrogen (secondary N) is 1. The highest BCUT2D eigenvalue weighted by Gasteiger charge is 2.28. The molecular formula is C21H29N3O3S. The molecule has 1 aliphatic rings. The third-order valence-corrected chi connectivity index (χ3v) is 5.92. The number of carbonyl (C=O) groups is 2. The number of aryl methyl sites for hydroxylation is 1. The molecule has 0 atom stereocenters. The van der Waals surface area contributed by atoms with Gasteiger partial charge in [0.2, 0.25) is 0 Å². The van der Waals surface area contributed by atoms with Gasteiger partial charge in [-0.15, -0.1) is 11.3 Å². The molecule has 28 heavy (non-hydrogen) atoms. The molecule has 1 fully saturated rings. The van der Waals surface area contributed by atoms with Gasteiger partial charge in [-0.05, 0) is 69.7 Å². The van der Waals surface area contributed by atoms with E-state index in [4.69, 9.17) is 4.74 Å². The highest BCUT2D eigenvalue weighted by atomic mass is 32.1. The smallest absolute Gasteiger partial charge is 0.410 e. The van der Waals surface area contributed by atoms with E-state index in [1.807, 2.05) is 49.0 Å². The van der Waals surface area contributed by atoms with Gasteiger partial charge in [-0.2, -0.15) is 0 Å². The van der Waals surface area contributed by atoms with E-state index in [1.54, 1.807) is 16.2 Å². The minimum Gasteiger partial charge on any atom is -0.444 e. The second-order valence-electron chi connectivity index (χ2n) is 8.21. The summed E-state index contributed by atoms with van der Waals surface area (Å²) >= 11 is 1.66. The molecule has 0 spiro atoms. The quantitative estimate of drug-likeness (QED) is 0.825. The van der Waals surface area contributed by atoms with E-state index in [0.717, 1.165) is 12.8 Å². The van der Waals surface area contributed by atoms with Crippen LogP contribution in [0.3, 0.4) is 0 Å². The van der Waals surface area contributed by atoms with E-state index in [9.17, 15) is 9.59 Å². The SMILES string of the molecule is Cc1ccsc1CNC(=O)c1cccn1C1CCN(C(=O)OC(C)(C)C)CC1. The van der Waals surface area contributed by atoms with Crippen LogP contribution in [0.4, 0.5) is 4.79 Å². The van der Waals surface area contributed by atoms with Gasteiger partial charge in [-0.25, -0.2) is 4.79 Å². The van der Waals surface area contributed by atoms with Gasteiger partial charge in [0.05, 0.1) is 6.54 Å². The predicted molar refractivity (Wildman–Crippen MR) is 111 cm³/mol. The summed E-state index contributed by atoms with van der Waals surface area (Å²) in [5, 5.41) is 5.07. The van der Waals surface area contributed by atoms with Crippen molar-refractivity contribution in [1.29, 1.82) is 0 Å². The van der Waals surface area contributed by atoms with Crippen LogP contribution in [0.25, 0.3) is 0 Å². The molecule has 1 N–H and O–H groups in total. The molecule has 152 valence electrons. The van der Waals surface area contributed by atoms with Crippen LogP contribution >= 0.6 is 11.3 Å². The molecule has 6 nitrogen and oxygen atoms in total. The summed E-state index contributed by atoms with van der Waals surface area (Å²) in [4.78, 5) is 27.9. The van der Waals surface area contributed by atoms with Crippen LogP contribution in [-0.2, 0) is 11.3 Å². The Morgan fingerprint density at radius 2 is 1.96 bits per heavy atom. The van der Waals surface area contributed by atoms with Crippen molar-refractivity contribution in [3.63, 3.8) is 0 Å². The molecule has 0 bridgehead atoms. The molecule has 1 aliphatic heterocycles. The van der Waals surface area contributed by atoms with Gasteiger partial charge in [-0.1, -0.05) is 0 Å². The predicted octanol–water partition coefficient (Wildman–Crippen LogP) is 4.36. The molecule has 0 aliphatic carbocycles. The van der Waals surface area contributed by atoms with Crippen LogP contribution in [0.5, 0.6) is 0 Å². The number of ether oxygens (including phenoxy) is 1. The topological polar surface area (TPSA) is 63.6 Å². The Kier molecular flexibility index (Phi) is 6.13. The van der Waals surface area contributed by atoms with Crippen LogP contribution in [-0.4, -0.2) is 40.2 Å². The zero-order chi connectivity index (χ0) is 20.3. The van der Waals surface area contributed by atoms with E-state index < -0.39 is 5.60 Å². The molecule has 7 heteroatoms. The molecule has 0 unspecified atom stereocenters. The number of likely N-dealkylation sites (tertiary alicyclic amines) is 1. The number of aromatic nitrogens is 1. The Balaban J connectivity index is 1.58. The van der Waals surface area contributed by atoms with Crippen molar-refractivity contribution < 1.29 is 14.3 Å². The van der Waals surface area contributed by atoms with Gasteiger partial charge in [0.1, 0.15) is 11.3 Å². The third-order valence-electron chi connectivity index (χ3n) is 4.90. The second kappa shape index (κ2) is 8.39. The fourth-order valence-corrected chi connectivity index (χ4v) is 4.24. The maximum absolute atomic E-state index is 12.7. The zero-order valence-corrected chi connectivity index (χ0v) is 17.8. The number of hydrogen-bond acceptors (Lipinski definition) is 4. The van der Waals surface area contributed by atoms with Crippen LogP contribution < -0.4 is 5.32 Å². The minimum absolute atomic E-state index is 0.0626. The molecule has 3 heterocycles. The van der Waals surface area contributed by atoms with Crippen LogP contribution in [0.2, 0.25) is 0 Å². The largest absolute Gasteiger partial charge is 0.444 e. The summed E-state index contributed by atoms with van der Waals surface area (Å²) < 4.78 is 7.50. The fourth-order valence-electron chi connectivity index (χ4n) is 3.39. The second-order valence-corrected chi connectivity index (χ2v) is 9.21. The normalized spacial score (nSPS) is 15.5. The minimum atomic E-state index is -0.486. The van der Waals surface area contributed by atoms with Crippen molar-refractivity contribution in [1.82, 2.24) is 14.8 Å². The fraction of sp³-hybridized carbons (Fsp3) is 0.524. The van der Waals surface area contributed by atoms with Gasteiger partial charge in [0, 0.05) is 30.2 Å². The Bertz CT molecular complexity index is 826. The average Bonchev–Trinajstić information content (AvgIpc) is 3.27. The van der Waals surface area contributed by atoms with Gasteiger partial charge in [0.15, 0.2) is 0 Å². The highest BCUT2D eigenvalue weighted by molar-refractivity contribution is 7.10. The average molecular weight is 404 g/mol. The molecular weight excluding hydrogens is 374 g/mol. The first-order valence-corrected chi connectivity index (χ1v) is 10.6. The van der Waals surface area contributed by atoms with E-state index in [-0.39, 0.29) is 18.0 Å². The molecule has 0 aromatic carbocycles. The molecule has 1 saturated heterocycles. The first-order chi connectivity index (χ1) is 13.2. The Hall–Kier alpha value is -2.28. The van der Waals surface area contributed by atoms with E-state index in [0.29, 0.717) is 25.3 Å². The number of thiophene rings is 1. The molecule has 3 rings (SSSR count). The molecule has 2 aromatic heterocycles. The Morgan fingerprint density at radius 1 is 1.25 bits per heavy atom. The number of piperidine rings is 1. The lowest BCUT2D eigenvalue weighted by Gasteiger charge is -2.34. The van der Waals surface area contributed by atoms with Crippen molar-refractivity contribution >= 4 is 23.3 Å². The summed E-state index contributed by atoms with van der Waals surface area (Å²) in [7, 11) is 0. The number of hydrogen-bond donors (Lipinski definition) is 1. The Morgan fingerprint density at radius 3 is 2.57 bits per heavy atom. The molecule has 2 amide bonds. The van der Waals surface area contributed by atoms with Crippen molar-refractivity contribution in [3.8, 4) is 0 Å². The molecule has 0 radical (unpaired) electrons. The number of nitrogens with zero attached hydrogens (tertiary/aromatic N) is 2. The standard InChI is InChI=1S/C21H29N3O3S/c1-15-9-13-28-18(15)14-22-19(25)17-6-5-10-24(17)16-7-11-23(12-8-16)20(26)27-21(2,3)4/h5-6,9-10,13,16H,7-8,11-12,14H2,1-4H3,(H,22,25). The first kappa shape index (κ1) is 20.5. The maximum atomic E-state index is 12.7. The van der Waals surface area contributed by atoms with E-state index in [2.05, 4.69) is 18.3 Å². The van der Waals surface area contributed by atoms with Crippen LogP contribution in [0, 0.1) is 6.92 Å². The highest BCUT2D eigenvalue weighted by Crippen LogP contribution is 2.26. The molecule has 2 aromatic rings. The van der Waals surface area contributed by atoms with Crippen molar-refractivity contribution in [2.24, 2.45) is 0 Å². The summed E-state index contributed by atoms with van der Waals surface area (Å²) in [6.45, 7) is 9.49. The van der Waals surface area contributed by atoms with E-state index >= 15 is 0 Å². The first-order valence-electron chi connectivity index (χ1n) is 9.70. The number of rotatable bonds is 4. The summed E-state index contributed by atoms with van der Waals surface area (Å²) in [6, 6.07) is 6.04.